The lowest BCUT2D eigenvalue weighted by atomic mass is 9.84. The van der Waals surface area contributed by atoms with Crippen LogP contribution >= 0.6 is 22.9 Å². The number of benzene rings is 1. The second kappa shape index (κ2) is 13.1. The van der Waals surface area contributed by atoms with Gasteiger partial charge in [0.2, 0.25) is 10.0 Å². The lowest BCUT2D eigenvalue weighted by Gasteiger charge is -2.37. The minimum atomic E-state index is -3.64. The second-order valence-electron chi connectivity index (χ2n) is 11.6. The van der Waals surface area contributed by atoms with Crippen LogP contribution in [-0.4, -0.2) is 66.5 Å². The number of carboxylic acids is 1. The average Bonchev–Trinajstić information content (AvgIpc) is 3.46. The Labute approximate surface area is 264 Å². The normalized spacial score (nSPS) is 23.8. The molecule has 44 heavy (non-hydrogen) atoms. The highest BCUT2D eigenvalue weighted by Gasteiger charge is 2.40. The predicted octanol–water partition coefficient (Wildman–Crippen LogP) is 5.09. The van der Waals surface area contributed by atoms with Crippen LogP contribution in [-0.2, 0) is 24.3 Å². The molecule has 2 atom stereocenters. The van der Waals surface area contributed by atoms with Crippen LogP contribution in [0.5, 0.6) is 0 Å². The molecule has 14 heteroatoms. The number of ether oxygens (including phenoxy) is 1. The number of nitrogens with zero attached hydrogens (tertiary/aromatic N) is 3. The van der Waals surface area contributed by atoms with E-state index < -0.39 is 39.2 Å². The molecule has 1 fully saturated rings. The minimum absolute atomic E-state index is 0.0637. The molecule has 0 amide bonds. The number of aliphatic carboxylic acids is 1. The SMILES string of the molecule is COC(=O)C1=C(C2CCN(S(=O)(=O)C[C@@]3(C)CCC=C(C(=O)O)CC3)CC2)NC(c2nccs2)=N[C@@H]1c1ccc(F)cc1Cl. The number of methoxy groups -OCH3 is 1. The zero-order valence-corrected chi connectivity index (χ0v) is 26.8. The molecule has 5 rings (SSSR count). The Bertz CT molecular complexity index is 1630. The standard InChI is InChI=1S/C30H34ClFN4O6S2/c1-30(10-3-4-19(7-11-30)28(37)38)17-44(40,41)36-13-8-18(9-14-36)24-23(29(39)42-2)25(21-6-5-20(32)16-22(21)31)35-26(34-24)27-33-12-15-43-27/h4-6,12,15-16,18,25H,3,7-11,13-14,17H2,1-2H3,(H,34,35)(H,37,38)/t25-,30+/m1/s1. The highest BCUT2D eigenvalue weighted by molar-refractivity contribution is 7.89. The number of esters is 1. The van der Waals surface area contributed by atoms with Gasteiger partial charge >= 0.3 is 11.9 Å². The first-order valence-corrected chi connectivity index (χ1v) is 17.2. The maximum atomic E-state index is 14.0. The van der Waals surface area contributed by atoms with Gasteiger partial charge in [-0.15, -0.1) is 11.3 Å². The molecule has 3 aliphatic rings. The molecule has 2 aromatic rings. The molecular formula is C30H34ClFN4O6S2. The summed E-state index contributed by atoms with van der Waals surface area (Å²) in [4.78, 5) is 33.9. The summed E-state index contributed by atoms with van der Waals surface area (Å²) < 4.78 is 47.9. The van der Waals surface area contributed by atoms with Crippen LogP contribution < -0.4 is 5.32 Å². The number of carboxylic acid groups (broad SMARTS) is 1. The van der Waals surface area contributed by atoms with E-state index in [0.29, 0.717) is 66.2 Å². The number of nitrogens with one attached hydrogen (secondary N) is 1. The Morgan fingerprint density at radius 2 is 2.02 bits per heavy atom. The number of rotatable bonds is 8. The topological polar surface area (TPSA) is 138 Å². The van der Waals surface area contributed by atoms with Crippen molar-refractivity contribution >= 4 is 50.7 Å². The number of carbonyl (C=O) groups is 2. The molecule has 1 saturated heterocycles. The van der Waals surface area contributed by atoms with Gasteiger partial charge in [0.15, 0.2) is 10.8 Å². The molecule has 1 aliphatic carbocycles. The first-order valence-electron chi connectivity index (χ1n) is 14.3. The lowest BCUT2D eigenvalue weighted by molar-refractivity contribution is -0.136. The third kappa shape index (κ3) is 6.90. The van der Waals surface area contributed by atoms with E-state index in [1.165, 1.54) is 41.0 Å². The summed E-state index contributed by atoms with van der Waals surface area (Å²) in [5.41, 5.74) is 1.01. The summed E-state index contributed by atoms with van der Waals surface area (Å²) in [5.74, 6) is -1.97. The van der Waals surface area contributed by atoms with Crippen molar-refractivity contribution in [1.29, 1.82) is 0 Å². The number of piperidine rings is 1. The van der Waals surface area contributed by atoms with Gasteiger partial charge in [-0.05, 0) is 56.1 Å². The van der Waals surface area contributed by atoms with Gasteiger partial charge in [-0.25, -0.2) is 31.7 Å². The Balaban J connectivity index is 1.40. The van der Waals surface area contributed by atoms with Crippen LogP contribution in [0.2, 0.25) is 5.02 Å². The van der Waals surface area contributed by atoms with E-state index in [1.807, 2.05) is 6.92 Å². The van der Waals surface area contributed by atoms with Gasteiger partial charge in [-0.3, -0.25) is 4.99 Å². The van der Waals surface area contributed by atoms with Crippen molar-refractivity contribution in [1.82, 2.24) is 14.6 Å². The maximum absolute atomic E-state index is 14.0. The predicted molar refractivity (Wildman–Crippen MR) is 165 cm³/mol. The van der Waals surface area contributed by atoms with E-state index in [1.54, 1.807) is 17.7 Å². The smallest absolute Gasteiger partial charge is 0.338 e. The van der Waals surface area contributed by atoms with Crippen molar-refractivity contribution in [2.24, 2.45) is 16.3 Å². The minimum Gasteiger partial charge on any atom is -0.478 e. The monoisotopic (exact) mass is 664 g/mol. The Hall–Kier alpha value is -3.13. The van der Waals surface area contributed by atoms with Crippen LogP contribution in [0.15, 0.2) is 57.7 Å². The fraction of sp³-hybridized carbons (Fsp3) is 0.467. The van der Waals surface area contributed by atoms with Crippen LogP contribution in [0.3, 0.4) is 0 Å². The summed E-state index contributed by atoms with van der Waals surface area (Å²) in [5, 5.41) is 15.2. The van der Waals surface area contributed by atoms with Gasteiger partial charge in [-0.1, -0.05) is 30.7 Å². The number of carbonyl (C=O) groups excluding carboxylic acids is 1. The van der Waals surface area contributed by atoms with Crippen LogP contribution in [0.25, 0.3) is 0 Å². The number of allylic oxidation sites excluding steroid dienone is 2. The van der Waals surface area contributed by atoms with Gasteiger partial charge in [0.25, 0.3) is 0 Å². The van der Waals surface area contributed by atoms with Crippen LogP contribution in [0.4, 0.5) is 4.39 Å². The first kappa shape index (κ1) is 32.3. The maximum Gasteiger partial charge on any atom is 0.338 e. The number of aliphatic imine (C=N–C) groups is 1. The van der Waals surface area contributed by atoms with Gasteiger partial charge < -0.3 is 15.2 Å². The third-order valence-corrected chi connectivity index (χ3v) is 11.9. The van der Waals surface area contributed by atoms with E-state index in [9.17, 15) is 27.5 Å². The summed E-state index contributed by atoms with van der Waals surface area (Å²) >= 11 is 7.81. The molecule has 1 aromatic carbocycles. The Morgan fingerprint density at radius 3 is 2.66 bits per heavy atom. The molecule has 0 radical (unpaired) electrons. The molecule has 0 spiro atoms. The summed E-state index contributed by atoms with van der Waals surface area (Å²) in [7, 11) is -2.37. The second-order valence-corrected chi connectivity index (χ2v) is 14.9. The number of hydrogen-bond donors (Lipinski definition) is 2. The lowest BCUT2D eigenvalue weighted by Crippen LogP contribution is -2.45. The van der Waals surface area contributed by atoms with Crippen LogP contribution in [0.1, 0.15) is 62.1 Å². The molecule has 2 N–H and O–H groups in total. The van der Waals surface area contributed by atoms with E-state index in [2.05, 4.69) is 10.3 Å². The van der Waals surface area contributed by atoms with E-state index in [0.717, 1.165) is 0 Å². The summed E-state index contributed by atoms with van der Waals surface area (Å²) in [6.45, 7) is 2.40. The largest absolute Gasteiger partial charge is 0.478 e. The summed E-state index contributed by atoms with van der Waals surface area (Å²) in [6.07, 6.45) is 6.12. The molecule has 1 aromatic heterocycles. The van der Waals surface area contributed by atoms with E-state index >= 15 is 0 Å². The number of hydrogen-bond acceptors (Lipinski definition) is 9. The third-order valence-electron chi connectivity index (χ3n) is 8.57. The molecule has 0 saturated carbocycles. The molecular weight excluding hydrogens is 631 g/mol. The van der Waals surface area contributed by atoms with Crippen molar-refractivity contribution < 1.29 is 32.2 Å². The quantitative estimate of drug-likeness (QED) is 0.373. The van der Waals surface area contributed by atoms with Gasteiger partial charge in [0.1, 0.15) is 11.9 Å². The number of thiazole rings is 1. The summed E-state index contributed by atoms with van der Waals surface area (Å²) in [6, 6.07) is 3.03. The highest BCUT2D eigenvalue weighted by Crippen LogP contribution is 2.41. The van der Waals surface area contributed by atoms with Gasteiger partial charge in [0, 0.05) is 52.4 Å². The number of amidine groups is 1. The number of halogens is 2. The van der Waals surface area contributed by atoms with Crippen molar-refractivity contribution in [3.05, 3.63) is 74.1 Å². The molecule has 0 unspecified atom stereocenters. The van der Waals surface area contributed by atoms with Crippen molar-refractivity contribution in [2.75, 3.05) is 26.0 Å². The zero-order chi connectivity index (χ0) is 31.6. The molecule has 10 nitrogen and oxygen atoms in total. The first-order chi connectivity index (χ1) is 20.9. The van der Waals surface area contributed by atoms with Gasteiger partial charge in [0.05, 0.1) is 18.4 Å². The van der Waals surface area contributed by atoms with Crippen molar-refractivity contribution in [3.8, 4) is 0 Å². The van der Waals surface area contributed by atoms with E-state index in [4.69, 9.17) is 21.3 Å². The van der Waals surface area contributed by atoms with E-state index in [-0.39, 0.29) is 35.4 Å². The molecule has 236 valence electrons. The Kier molecular flexibility index (Phi) is 9.59. The van der Waals surface area contributed by atoms with Crippen molar-refractivity contribution in [3.63, 3.8) is 0 Å². The molecule has 0 bridgehead atoms. The fourth-order valence-corrected chi connectivity index (χ4v) is 9.15. The fourth-order valence-electron chi connectivity index (χ4n) is 6.17. The Morgan fingerprint density at radius 1 is 1.27 bits per heavy atom. The number of aromatic nitrogens is 1. The zero-order valence-electron chi connectivity index (χ0n) is 24.4. The average molecular weight is 665 g/mol. The molecule has 2 aliphatic heterocycles. The highest BCUT2D eigenvalue weighted by atomic mass is 35.5. The molecule has 3 heterocycles. The van der Waals surface area contributed by atoms with Crippen LogP contribution in [0, 0.1) is 17.2 Å². The number of sulfonamides is 1. The van der Waals surface area contributed by atoms with Crippen molar-refractivity contribution in [2.45, 2.75) is 51.5 Å². The van der Waals surface area contributed by atoms with Gasteiger partial charge in [-0.2, -0.15) is 0 Å².